The standard InChI is InChI=1S/C11H18N2O4/c1-7(2)13-4-8(12)3-10(13)11(16)17-6-9(15)5-14/h3-4,7,9,14-15H,5-6,12H2,1-2H3. The fourth-order valence-corrected chi connectivity index (χ4v) is 1.39. The van der Waals surface area contributed by atoms with Gasteiger partial charge in [-0.1, -0.05) is 0 Å². The highest BCUT2D eigenvalue weighted by Gasteiger charge is 2.17. The summed E-state index contributed by atoms with van der Waals surface area (Å²) in [6.07, 6.45) is 0.600. The summed E-state index contributed by atoms with van der Waals surface area (Å²) in [6, 6.07) is 1.60. The minimum absolute atomic E-state index is 0.0811. The number of ether oxygens (including phenoxy) is 1. The van der Waals surface area contributed by atoms with E-state index in [1.165, 1.54) is 6.07 Å². The quantitative estimate of drug-likeness (QED) is 0.639. The van der Waals surface area contributed by atoms with Gasteiger partial charge in [0.1, 0.15) is 18.4 Å². The fourth-order valence-electron chi connectivity index (χ4n) is 1.39. The summed E-state index contributed by atoms with van der Waals surface area (Å²) in [5, 5.41) is 17.7. The number of carbonyl (C=O) groups is 1. The Morgan fingerprint density at radius 1 is 1.59 bits per heavy atom. The van der Waals surface area contributed by atoms with Crippen molar-refractivity contribution in [2.24, 2.45) is 0 Å². The minimum Gasteiger partial charge on any atom is -0.458 e. The molecule has 1 rings (SSSR count). The van der Waals surface area contributed by atoms with Gasteiger partial charge < -0.3 is 25.3 Å². The lowest BCUT2D eigenvalue weighted by atomic mass is 10.3. The van der Waals surface area contributed by atoms with Crippen LogP contribution in [-0.4, -0.2) is 40.1 Å². The summed E-state index contributed by atoms with van der Waals surface area (Å²) in [4.78, 5) is 11.7. The first kappa shape index (κ1) is 13.5. The topological polar surface area (TPSA) is 97.7 Å². The normalized spacial score (nSPS) is 12.8. The van der Waals surface area contributed by atoms with Crippen LogP contribution in [0.15, 0.2) is 12.3 Å². The molecule has 6 heteroatoms. The second-order valence-electron chi connectivity index (χ2n) is 4.09. The zero-order valence-corrected chi connectivity index (χ0v) is 9.96. The Kier molecular flexibility index (Phi) is 4.53. The van der Waals surface area contributed by atoms with Crippen molar-refractivity contribution in [2.45, 2.75) is 26.0 Å². The van der Waals surface area contributed by atoms with Crippen LogP contribution in [0.4, 0.5) is 5.69 Å². The van der Waals surface area contributed by atoms with E-state index in [1.807, 2.05) is 13.8 Å². The highest BCUT2D eigenvalue weighted by molar-refractivity contribution is 5.89. The van der Waals surface area contributed by atoms with E-state index < -0.39 is 18.7 Å². The third-order valence-corrected chi connectivity index (χ3v) is 2.25. The number of hydrogen-bond donors (Lipinski definition) is 3. The van der Waals surface area contributed by atoms with Crippen LogP contribution in [0.5, 0.6) is 0 Å². The highest BCUT2D eigenvalue weighted by atomic mass is 16.5. The summed E-state index contributed by atoms with van der Waals surface area (Å²) in [5.74, 6) is -0.567. The van der Waals surface area contributed by atoms with Crippen LogP contribution in [0.2, 0.25) is 0 Å². The maximum absolute atomic E-state index is 11.7. The van der Waals surface area contributed by atoms with E-state index in [2.05, 4.69) is 0 Å². The van der Waals surface area contributed by atoms with E-state index in [-0.39, 0.29) is 12.6 Å². The number of rotatable bonds is 5. The van der Waals surface area contributed by atoms with Gasteiger partial charge in [-0.05, 0) is 19.9 Å². The molecule has 0 fully saturated rings. The van der Waals surface area contributed by atoms with Crippen molar-refractivity contribution < 1.29 is 19.7 Å². The summed E-state index contributed by atoms with van der Waals surface area (Å²) in [6.45, 7) is 3.15. The molecule has 1 heterocycles. The first-order valence-corrected chi connectivity index (χ1v) is 5.39. The van der Waals surface area contributed by atoms with Crippen molar-refractivity contribution in [3.05, 3.63) is 18.0 Å². The summed E-state index contributed by atoms with van der Waals surface area (Å²) in [7, 11) is 0. The molecule has 17 heavy (non-hydrogen) atoms. The number of nitrogen functional groups attached to an aromatic ring is 1. The molecule has 0 amide bonds. The highest BCUT2D eigenvalue weighted by Crippen LogP contribution is 2.17. The van der Waals surface area contributed by atoms with Crippen molar-refractivity contribution >= 4 is 11.7 Å². The number of carbonyl (C=O) groups excluding carboxylic acids is 1. The summed E-state index contributed by atoms with van der Waals surface area (Å²) < 4.78 is 6.56. The van der Waals surface area contributed by atoms with Crippen LogP contribution in [0, 0.1) is 0 Å². The Labute approximate surface area is 99.6 Å². The molecule has 1 aromatic heterocycles. The van der Waals surface area contributed by atoms with Crippen molar-refractivity contribution in [3.63, 3.8) is 0 Å². The van der Waals surface area contributed by atoms with Gasteiger partial charge in [-0.2, -0.15) is 0 Å². The van der Waals surface area contributed by atoms with E-state index in [0.717, 1.165) is 0 Å². The molecule has 0 aliphatic carbocycles. The average Bonchev–Trinajstić information content (AvgIpc) is 2.67. The number of hydrogen-bond acceptors (Lipinski definition) is 5. The van der Waals surface area contributed by atoms with E-state index in [0.29, 0.717) is 11.4 Å². The van der Waals surface area contributed by atoms with Crippen molar-refractivity contribution in [2.75, 3.05) is 18.9 Å². The Balaban J connectivity index is 2.74. The lowest BCUT2D eigenvalue weighted by Crippen LogP contribution is -2.23. The first-order valence-electron chi connectivity index (χ1n) is 5.39. The lowest BCUT2D eigenvalue weighted by molar-refractivity contribution is 0.00844. The summed E-state index contributed by atoms with van der Waals surface area (Å²) >= 11 is 0. The van der Waals surface area contributed by atoms with E-state index >= 15 is 0 Å². The predicted octanol–water partition coefficient (Wildman–Crippen LogP) is 0.161. The second-order valence-corrected chi connectivity index (χ2v) is 4.09. The van der Waals surface area contributed by atoms with Crippen LogP contribution in [-0.2, 0) is 4.74 Å². The molecule has 4 N–H and O–H groups in total. The molecule has 1 atom stereocenters. The second kappa shape index (κ2) is 5.70. The monoisotopic (exact) mass is 242 g/mol. The van der Waals surface area contributed by atoms with Gasteiger partial charge in [0.25, 0.3) is 0 Å². The molecule has 96 valence electrons. The van der Waals surface area contributed by atoms with Crippen molar-refractivity contribution in [1.29, 1.82) is 0 Å². The molecule has 0 spiro atoms. The molecule has 0 saturated heterocycles. The van der Waals surface area contributed by atoms with Gasteiger partial charge in [-0.15, -0.1) is 0 Å². The number of anilines is 1. The molecule has 0 saturated carbocycles. The van der Waals surface area contributed by atoms with Gasteiger partial charge in [-0.25, -0.2) is 4.79 Å². The van der Waals surface area contributed by atoms with Crippen LogP contribution >= 0.6 is 0 Å². The van der Waals surface area contributed by atoms with Gasteiger partial charge in [0.2, 0.25) is 0 Å². The molecule has 1 unspecified atom stereocenters. The zero-order chi connectivity index (χ0) is 13.0. The number of nitrogens with two attached hydrogens (primary N) is 1. The molecule has 0 radical (unpaired) electrons. The maximum Gasteiger partial charge on any atom is 0.355 e. The number of aromatic nitrogens is 1. The number of nitrogens with zero attached hydrogens (tertiary/aromatic N) is 1. The van der Waals surface area contributed by atoms with Gasteiger partial charge >= 0.3 is 5.97 Å². The predicted molar refractivity (Wildman–Crippen MR) is 62.6 cm³/mol. The fraction of sp³-hybridized carbons (Fsp3) is 0.545. The van der Waals surface area contributed by atoms with Gasteiger partial charge in [0.15, 0.2) is 0 Å². The Hall–Kier alpha value is -1.53. The number of aliphatic hydroxyl groups is 2. The summed E-state index contributed by atoms with van der Waals surface area (Å²) in [5.41, 5.74) is 6.43. The van der Waals surface area contributed by atoms with Crippen molar-refractivity contribution in [3.8, 4) is 0 Å². The van der Waals surface area contributed by atoms with E-state index in [4.69, 9.17) is 20.7 Å². The largest absolute Gasteiger partial charge is 0.458 e. The van der Waals surface area contributed by atoms with Crippen LogP contribution in [0.1, 0.15) is 30.4 Å². The maximum atomic E-state index is 11.7. The van der Waals surface area contributed by atoms with E-state index in [1.54, 1.807) is 10.8 Å². The average molecular weight is 242 g/mol. The number of aliphatic hydroxyl groups excluding tert-OH is 2. The van der Waals surface area contributed by atoms with Gasteiger partial charge in [-0.3, -0.25) is 0 Å². The molecule has 0 bridgehead atoms. The van der Waals surface area contributed by atoms with Gasteiger partial charge in [0, 0.05) is 12.2 Å². The molecular weight excluding hydrogens is 224 g/mol. The molecule has 0 aliphatic heterocycles. The molecule has 0 aliphatic rings. The third kappa shape index (κ3) is 3.47. The van der Waals surface area contributed by atoms with E-state index in [9.17, 15) is 4.79 Å². The smallest absolute Gasteiger partial charge is 0.355 e. The molecule has 1 aromatic rings. The van der Waals surface area contributed by atoms with Crippen LogP contribution in [0.3, 0.4) is 0 Å². The molecular formula is C11H18N2O4. The third-order valence-electron chi connectivity index (χ3n) is 2.25. The first-order chi connectivity index (χ1) is 7.95. The minimum atomic E-state index is -1.06. The lowest BCUT2D eigenvalue weighted by Gasteiger charge is -2.13. The Bertz CT molecular complexity index is 387. The Morgan fingerprint density at radius 3 is 2.76 bits per heavy atom. The zero-order valence-electron chi connectivity index (χ0n) is 9.96. The van der Waals surface area contributed by atoms with Crippen LogP contribution in [0.25, 0.3) is 0 Å². The van der Waals surface area contributed by atoms with Gasteiger partial charge in [0.05, 0.1) is 12.3 Å². The number of esters is 1. The van der Waals surface area contributed by atoms with Crippen LogP contribution < -0.4 is 5.73 Å². The molecule has 6 nitrogen and oxygen atoms in total. The SMILES string of the molecule is CC(C)n1cc(N)cc1C(=O)OCC(O)CO. The Morgan fingerprint density at radius 2 is 2.24 bits per heavy atom. The molecule has 0 aromatic carbocycles. The van der Waals surface area contributed by atoms with Crippen molar-refractivity contribution in [1.82, 2.24) is 4.57 Å².